The average Bonchev–Trinajstić information content (AvgIpc) is 3.26. The molecule has 1 N–H and O–H groups in total. The number of anilines is 1. The Balaban J connectivity index is 1.43. The van der Waals surface area contributed by atoms with Gasteiger partial charge in [0.15, 0.2) is 11.6 Å². The van der Waals surface area contributed by atoms with Gasteiger partial charge in [0.2, 0.25) is 5.89 Å². The van der Waals surface area contributed by atoms with Gasteiger partial charge < -0.3 is 14.6 Å². The van der Waals surface area contributed by atoms with Gasteiger partial charge in [-0.3, -0.25) is 0 Å². The summed E-state index contributed by atoms with van der Waals surface area (Å²) in [5.41, 5.74) is 0.780. The molecule has 2 aliphatic rings. The Morgan fingerprint density at radius 1 is 1.21 bits per heavy atom. The van der Waals surface area contributed by atoms with Gasteiger partial charge in [0.25, 0.3) is 0 Å². The highest BCUT2D eigenvalue weighted by Gasteiger charge is 2.62. The zero-order valence-electron chi connectivity index (χ0n) is 18.2. The molecule has 2 aliphatic heterocycles. The third kappa shape index (κ3) is 3.66. The number of aryl methyl sites for hydroxylation is 1. The zero-order chi connectivity index (χ0) is 24.3. The number of fused-ring (bicyclic) bond motifs is 2. The van der Waals surface area contributed by atoms with E-state index >= 15 is 0 Å². The van der Waals surface area contributed by atoms with Gasteiger partial charge in [-0.1, -0.05) is 13.0 Å². The number of hydrogen-bond acceptors (Lipinski definition) is 6. The minimum absolute atomic E-state index is 0.157. The lowest BCUT2D eigenvalue weighted by Crippen LogP contribution is -2.70. The van der Waals surface area contributed by atoms with Crippen LogP contribution in [0.3, 0.4) is 0 Å². The molecule has 2 bridgehead atoms. The maximum Gasteiger partial charge on any atom is 0.470 e. The van der Waals surface area contributed by atoms with E-state index in [1.54, 1.807) is 18.2 Å². The van der Waals surface area contributed by atoms with Crippen LogP contribution < -0.4 is 5.32 Å². The van der Waals surface area contributed by atoms with Gasteiger partial charge in [0, 0.05) is 23.7 Å². The predicted molar refractivity (Wildman–Crippen MR) is 111 cm³/mol. The lowest BCUT2D eigenvalue weighted by atomic mass is 9.64. The Morgan fingerprint density at radius 2 is 1.94 bits per heavy atom. The summed E-state index contributed by atoms with van der Waals surface area (Å²) >= 11 is 0. The number of carbonyl (C=O) groups excluding carboxylic acids is 1. The molecule has 3 unspecified atom stereocenters. The third-order valence-corrected chi connectivity index (χ3v) is 6.39. The molecule has 0 radical (unpaired) electrons. The maximum absolute atomic E-state index is 13.3. The van der Waals surface area contributed by atoms with Gasteiger partial charge in [0.05, 0.1) is 12.4 Å². The first-order valence-corrected chi connectivity index (χ1v) is 10.7. The SMILES string of the molecule is Cc1ccc(NC(=O)N2C3CC(C)CC2(c2nnc(C(F)(F)F)o2)C3)cc1-c1ncc(F)cn1. The predicted octanol–water partition coefficient (Wildman–Crippen LogP) is 4.92. The van der Waals surface area contributed by atoms with E-state index in [-0.39, 0.29) is 17.9 Å². The lowest BCUT2D eigenvalue weighted by molar-refractivity contribution is -0.161. The van der Waals surface area contributed by atoms with E-state index in [0.717, 1.165) is 24.4 Å². The number of piperidine rings is 1. The van der Waals surface area contributed by atoms with Crippen molar-refractivity contribution < 1.29 is 26.8 Å². The second-order valence-corrected chi connectivity index (χ2v) is 8.90. The second kappa shape index (κ2) is 7.74. The number of rotatable bonds is 3. The van der Waals surface area contributed by atoms with Gasteiger partial charge in [0.1, 0.15) is 5.54 Å². The number of nitrogens with one attached hydrogen (secondary N) is 1. The topological polar surface area (TPSA) is 97.0 Å². The van der Waals surface area contributed by atoms with Gasteiger partial charge in [-0.25, -0.2) is 19.2 Å². The van der Waals surface area contributed by atoms with Crippen LogP contribution in [0.5, 0.6) is 0 Å². The lowest BCUT2D eigenvalue weighted by Gasteiger charge is -2.61. The second-order valence-electron chi connectivity index (χ2n) is 8.90. The summed E-state index contributed by atoms with van der Waals surface area (Å²) in [5, 5.41) is 9.63. The normalized spacial score (nSPS) is 24.0. The molecule has 2 aromatic heterocycles. The van der Waals surface area contributed by atoms with Crippen LogP contribution in [0.15, 0.2) is 35.0 Å². The number of alkyl halides is 3. The van der Waals surface area contributed by atoms with E-state index in [4.69, 9.17) is 4.42 Å². The van der Waals surface area contributed by atoms with Crippen LogP contribution >= 0.6 is 0 Å². The van der Waals surface area contributed by atoms with Crippen LogP contribution in [0.25, 0.3) is 11.4 Å². The molecule has 2 amide bonds. The van der Waals surface area contributed by atoms with Crippen molar-refractivity contribution in [2.24, 2.45) is 5.92 Å². The van der Waals surface area contributed by atoms with Crippen LogP contribution in [0.1, 0.15) is 43.5 Å². The van der Waals surface area contributed by atoms with Crippen LogP contribution in [-0.4, -0.2) is 37.1 Å². The first-order valence-electron chi connectivity index (χ1n) is 10.7. The molecule has 3 atom stereocenters. The number of urea groups is 1. The Kier molecular flexibility index (Phi) is 5.06. The summed E-state index contributed by atoms with van der Waals surface area (Å²) < 4.78 is 57.3. The molecule has 0 saturated carbocycles. The fourth-order valence-electron chi connectivity index (χ4n) is 5.05. The number of amides is 2. The van der Waals surface area contributed by atoms with Crippen LogP contribution in [-0.2, 0) is 11.7 Å². The highest BCUT2D eigenvalue weighted by molar-refractivity contribution is 5.91. The monoisotopic (exact) mass is 476 g/mol. The molecular formula is C22H20F4N6O2. The number of aromatic nitrogens is 4. The molecule has 12 heteroatoms. The Hall–Kier alpha value is -3.57. The molecule has 8 nitrogen and oxygen atoms in total. The van der Waals surface area contributed by atoms with Crippen molar-refractivity contribution >= 4 is 11.7 Å². The molecule has 2 fully saturated rings. The summed E-state index contributed by atoms with van der Waals surface area (Å²) in [7, 11) is 0. The van der Waals surface area contributed by atoms with E-state index in [9.17, 15) is 22.4 Å². The molecule has 178 valence electrons. The minimum atomic E-state index is -4.76. The van der Waals surface area contributed by atoms with Crippen molar-refractivity contribution in [1.29, 1.82) is 0 Å². The summed E-state index contributed by atoms with van der Waals surface area (Å²) in [6, 6.07) is 4.49. The molecule has 4 heterocycles. The fourth-order valence-corrected chi connectivity index (χ4v) is 5.05. The van der Waals surface area contributed by atoms with E-state index in [1.807, 2.05) is 13.8 Å². The highest BCUT2D eigenvalue weighted by atomic mass is 19.4. The number of halogens is 4. The molecule has 1 aromatic carbocycles. The van der Waals surface area contributed by atoms with E-state index in [2.05, 4.69) is 25.5 Å². The molecule has 3 aromatic rings. The van der Waals surface area contributed by atoms with Gasteiger partial charge in [-0.05, 0) is 43.4 Å². The summed E-state index contributed by atoms with van der Waals surface area (Å²) in [5.74, 6) is -1.73. The van der Waals surface area contributed by atoms with E-state index < -0.39 is 29.5 Å². The maximum atomic E-state index is 13.3. The quantitative estimate of drug-likeness (QED) is 0.539. The van der Waals surface area contributed by atoms with Gasteiger partial charge in [-0.15, -0.1) is 10.2 Å². The summed E-state index contributed by atoms with van der Waals surface area (Å²) in [6.07, 6.45) is -1.07. The molecule has 34 heavy (non-hydrogen) atoms. The number of hydrogen-bond donors (Lipinski definition) is 1. The number of benzene rings is 1. The van der Waals surface area contributed by atoms with Crippen molar-refractivity contribution in [3.8, 4) is 11.4 Å². The highest BCUT2D eigenvalue weighted by Crippen LogP contribution is 2.55. The van der Waals surface area contributed by atoms with Crippen molar-refractivity contribution in [1.82, 2.24) is 25.1 Å². The molecule has 2 saturated heterocycles. The zero-order valence-corrected chi connectivity index (χ0v) is 18.2. The first kappa shape index (κ1) is 22.2. The standard InChI is InChI=1S/C22H20F4N6O2/c1-11-5-15-8-21(7-11,18-30-31-19(34-18)22(24,25)26)32(15)20(33)29-14-4-3-12(2)16(6-14)17-27-9-13(23)10-28-17/h3-4,6,9-11,15H,5,7-8H2,1-2H3,(H,29,33). The first-order chi connectivity index (χ1) is 16.1. The Bertz CT molecular complexity index is 1240. The fraction of sp³-hybridized carbons (Fsp3) is 0.409. The molecular weight excluding hydrogens is 456 g/mol. The van der Waals surface area contributed by atoms with Gasteiger partial charge >= 0.3 is 18.1 Å². The van der Waals surface area contributed by atoms with E-state index in [0.29, 0.717) is 29.9 Å². The van der Waals surface area contributed by atoms with Crippen molar-refractivity contribution in [2.75, 3.05) is 5.32 Å². The van der Waals surface area contributed by atoms with Crippen LogP contribution in [0, 0.1) is 18.7 Å². The Morgan fingerprint density at radius 3 is 2.62 bits per heavy atom. The molecule has 0 spiro atoms. The average molecular weight is 476 g/mol. The number of carbonyl (C=O) groups is 1. The molecule has 5 rings (SSSR count). The van der Waals surface area contributed by atoms with Crippen LogP contribution in [0.4, 0.5) is 28.0 Å². The Labute approximate surface area is 191 Å². The smallest absolute Gasteiger partial charge is 0.415 e. The van der Waals surface area contributed by atoms with Gasteiger partial charge in [-0.2, -0.15) is 13.2 Å². The van der Waals surface area contributed by atoms with Crippen molar-refractivity contribution in [2.45, 2.75) is 50.9 Å². The van der Waals surface area contributed by atoms with Crippen molar-refractivity contribution in [3.05, 3.63) is 53.8 Å². The molecule has 0 aliphatic carbocycles. The van der Waals surface area contributed by atoms with E-state index in [1.165, 1.54) is 4.90 Å². The third-order valence-electron chi connectivity index (χ3n) is 6.39. The summed E-state index contributed by atoms with van der Waals surface area (Å²) in [6.45, 7) is 3.81. The van der Waals surface area contributed by atoms with Crippen molar-refractivity contribution in [3.63, 3.8) is 0 Å². The van der Waals surface area contributed by atoms with Crippen LogP contribution in [0.2, 0.25) is 0 Å². The summed E-state index contributed by atoms with van der Waals surface area (Å²) in [4.78, 5) is 22.8. The largest absolute Gasteiger partial charge is 0.470 e. The number of nitrogens with zero attached hydrogens (tertiary/aromatic N) is 5. The minimum Gasteiger partial charge on any atom is -0.415 e.